The van der Waals surface area contributed by atoms with Gasteiger partial charge in [0.2, 0.25) is 5.91 Å². The Balaban J connectivity index is 1.60. The fourth-order valence-electron chi connectivity index (χ4n) is 2.95. The van der Waals surface area contributed by atoms with Gasteiger partial charge in [-0.1, -0.05) is 18.5 Å². The molecule has 6 nitrogen and oxygen atoms in total. The van der Waals surface area contributed by atoms with Crippen molar-refractivity contribution in [2.75, 3.05) is 36.4 Å². The van der Waals surface area contributed by atoms with E-state index in [1.165, 1.54) is 0 Å². The van der Waals surface area contributed by atoms with E-state index in [2.05, 4.69) is 15.2 Å². The SMILES string of the molecule is CCC(=O)N1CCN(c2ccc(NC(=O)c3cccnc3Cl)cc2)CC1. The highest BCUT2D eigenvalue weighted by molar-refractivity contribution is 6.33. The number of nitrogens with one attached hydrogen (secondary N) is 1. The van der Waals surface area contributed by atoms with E-state index in [1.807, 2.05) is 36.1 Å². The van der Waals surface area contributed by atoms with Gasteiger partial charge in [-0.15, -0.1) is 0 Å². The molecule has 1 N–H and O–H groups in total. The Labute approximate surface area is 157 Å². The number of pyridine rings is 1. The van der Waals surface area contributed by atoms with Crippen LogP contribution in [0, 0.1) is 0 Å². The van der Waals surface area contributed by atoms with Gasteiger partial charge >= 0.3 is 0 Å². The quantitative estimate of drug-likeness (QED) is 0.838. The van der Waals surface area contributed by atoms with E-state index in [1.54, 1.807) is 18.3 Å². The molecular formula is C19H21ClN4O2. The van der Waals surface area contributed by atoms with Gasteiger partial charge in [0.15, 0.2) is 0 Å². The van der Waals surface area contributed by atoms with Crippen LogP contribution in [0.4, 0.5) is 11.4 Å². The fraction of sp³-hybridized carbons (Fsp3) is 0.316. The third-order valence-electron chi connectivity index (χ3n) is 4.43. The van der Waals surface area contributed by atoms with E-state index in [0.29, 0.717) is 17.7 Å². The zero-order valence-electron chi connectivity index (χ0n) is 14.6. The summed E-state index contributed by atoms with van der Waals surface area (Å²) in [7, 11) is 0. The number of aromatic nitrogens is 1. The second-order valence-electron chi connectivity index (χ2n) is 6.06. The number of carbonyl (C=O) groups is 2. The highest BCUT2D eigenvalue weighted by atomic mass is 35.5. The zero-order valence-corrected chi connectivity index (χ0v) is 15.4. The Bertz CT molecular complexity index is 786. The molecule has 2 heterocycles. The van der Waals surface area contributed by atoms with Gasteiger partial charge in [-0.05, 0) is 36.4 Å². The van der Waals surface area contributed by atoms with Crippen molar-refractivity contribution in [3.63, 3.8) is 0 Å². The Morgan fingerprint density at radius 2 is 1.81 bits per heavy atom. The van der Waals surface area contributed by atoms with E-state index in [-0.39, 0.29) is 17.0 Å². The maximum Gasteiger partial charge on any atom is 0.258 e. The Morgan fingerprint density at radius 3 is 2.42 bits per heavy atom. The van der Waals surface area contributed by atoms with Crippen LogP contribution in [0.25, 0.3) is 0 Å². The first-order chi connectivity index (χ1) is 12.6. The van der Waals surface area contributed by atoms with Gasteiger partial charge in [0.05, 0.1) is 5.56 Å². The van der Waals surface area contributed by atoms with Crippen molar-refractivity contribution in [2.45, 2.75) is 13.3 Å². The van der Waals surface area contributed by atoms with E-state index >= 15 is 0 Å². The molecule has 7 heteroatoms. The third kappa shape index (κ3) is 4.14. The van der Waals surface area contributed by atoms with Gasteiger partial charge < -0.3 is 15.1 Å². The minimum absolute atomic E-state index is 0.182. The monoisotopic (exact) mass is 372 g/mol. The smallest absolute Gasteiger partial charge is 0.258 e. The molecule has 136 valence electrons. The van der Waals surface area contributed by atoms with Crippen LogP contribution in [0.3, 0.4) is 0 Å². The molecule has 1 fully saturated rings. The molecule has 0 radical (unpaired) electrons. The zero-order chi connectivity index (χ0) is 18.5. The number of rotatable bonds is 4. The van der Waals surface area contributed by atoms with Crippen molar-refractivity contribution in [2.24, 2.45) is 0 Å². The molecule has 0 spiro atoms. The Hall–Kier alpha value is -2.60. The second kappa shape index (κ2) is 8.19. The van der Waals surface area contributed by atoms with Crippen LogP contribution in [-0.4, -0.2) is 47.9 Å². The first-order valence-corrected chi connectivity index (χ1v) is 9.01. The van der Waals surface area contributed by atoms with Gasteiger partial charge in [-0.3, -0.25) is 9.59 Å². The van der Waals surface area contributed by atoms with E-state index in [9.17, 15) is 9.59 Å². The van der Waals surface area contributed by atoms with E-state index in [0.717, 1.165) is 31.9 Å². The standard InChI is InChI=1S/C19H21ClN4O2/c1-2-17(25)24-12-10-23(11-13-24)15-7-5-14(6-8-15)22-19(26)16-4-3-9-21-18(16)20/h3-9H,2,10-13H2,1H3,(H,22,26). The van der Waals surface area contributed by atoms with Crippen molar-refractivity contribution in [3.8, 4) is 0 Å². The molecule has 0 atom stereocenters. The Morgan fingerprint density at radius 1 is 1.12 bits per heavy atom. The number of piperazine rings is 1. The molecule has 3 rings (SSSR count). The lowest BCUT2D eigenvalue weighted by atomic mass is 10.2. The highest BCUT2D eigenvalue weighted by Crippen LogP contribution is 2.21. The van der Waals surface area contributed by atoms with Crippen LogP contribution in [0.5, 0.6) is 0 Å². The third-order valence-corrected chi connectivity index (χ3v) is 4.73. The summed E-state index contributed by atoms with van der Waals surface area (Å²) in [6, 6.07) is 11.0. The van der Waals surface area contributed by atoms with E-state index < -0.39 is 0 Å². The first kappa shape index (κ1) is 18.2. The summed E-state index contributed by atoms with van der Waals surface area (Å²) in [5.41, 5.74) is 2.11. The van der Waals surface area contributed by atoms with Gasteiger partial charge in [0.25, 0.3) is 5.91 Å². The minimum Gasteiger partial charge on any atom is -0.368 e. The summed E-state index contributed by atoms with van der Waals surface area (Å²) in [6.45, 7) is 4.99. The maximum atomic E-state index is 12.3. The molecule has 1 saturated heterocycles. The number of hydrogen-bond acceptors (Lipinski definition) is 4. The number of carbonyl (C=O) groups excluding carboxylic acids is 2. The first-order valence-electron chi connectivity index (χ1n) is 8.63. The molecule has 1 aromatic heterocycles. The largest absolute Gasteiger partial charge is 0.368 e. The lowest BCUT2D eigenvalue weighted by Gasteiger charge is -2.36. The fourth-order valence-corrected chi connectivity index (χ4v) is 3.15. The molecule has 1 aliphatic heterocycles. The lowest BCUT2D eigenvalue weighted by molar-refractivity contribution is -0.131. The molecule has 0 saturated carbocycles. The number of hydrogen-bond donors (Lipinski definition) is 1. The lowest BCUT2D eigenvalue weighted by Crippen LogP contribution is -2.48. The maximum absolute atomic E-state index is 12.3. The summed E-state index contributed by atoms with van der Waals surface area (Å²) in [5, 5.41) is 3.01. The number of halogens is 1. The van der Waals surface area contributed by atoms with Gasteiger partial charge in [-0.2, -0.15) is 0 Å². The summed E-state index contributed by atoms with van der Waals surface area (Å²) >= 11 is 5.95. The van der Waals surface area contributed by atoms with Crippen molar-refractivity contribution in [1.29, 1.82) is 0 Å². The van der Waals surface area contributed by atoms with Crippen LogP contribution in [-0.2, 0) is 4.79 Å². The topological polar surface area (TPSA) is 65.5 Å². The number of nitrogens with zero attached hydrogens (tertiary/aromatic N) is 3. The van der Waals surface area contributed by atoms with Gasteiger partial charge in [-0.25, -0.2) is 4.98 Å². The van der Waals surface area contributed by atoms with Crippen molar-refractivity contribution in [1.82, 2.24) is 9.88 Å². The molecule has 0 bridgehead atoms. The summed E-state index contributed by atoms with van der Waals surface area (Å²) in [6.07, 6.45) is 2.09. The van der Waals surface area contributed by atoms with Crippen LogP contribution >= 0.6 is 11.6 Å². The van der Waals surface area contributed by atoms with Crippen LogP contribution in [0.1, 0.15) is 23.7 Å². The highest BCUT2D eigenvalue weighted by Gasteiger charge is 2.20. The number of amides is 2. The van der Waals surface area contributed by atoms with Gasteiger partial charge in [0.1, 0.15) is 5.15 Å². The molecule has 26 heavy (non-hydrogen) atoms. The predicted octanol–water partition coefficient (Wildman–Crippen LogP) is 3.05. The van der Waals surface area contributed by atoms with Gasteiger partial charge in [0, 0.05) is 50.2 Å². The second-order valence-corrected chi connectivity index (χ2v) is 6.42. The van der Waals surface area contributed by atoms with Crippen LogP contribution in [0.2, 0.25) is 5.15 Å². The molecule has 0 aliphatic carbocycles. The normalized spacial score (nSPS) is 14.2. The average Bonchev–Trinajstić information content (AvgIpc) is 2.68. The predicted molar refractivity (Wildman–Crippen MR) is 103 cm³/mol. The summed E-state index contributed by atoms with van der Waals surface area (Å²) < 4.78 is 0. The summed E-state index contributed by atoms with van der Waals surface area (Å²) in [4.78, 5) is 32.1. The summed E-state index contributed by atoms with van der Waals surface area (Å²) in [5.74, 6) is -0.0840. The molecule has 1 aromatic carbocycles. The molecule has 0 unspecified atom stereocenters. The van der Waals surface area contributed by atoms with E-state index in [4.69, 9.17) is 11.6 Å². The van der Waals surface area contributed by atoms with Crippen LogP contribution in [0.15, 0.2) is 42.6 Å². The number of benzene rings is 1. The van der Waals surface area contributed by atoms with Crippen molar-refractivity contribution >= 4 is 34.8 Å². The van der Waals surface area contributed by atoms with Crippen molar-refractivity contribution in [3.05, 3.63) is 53.3 Å². The van der Waals surface area contributed by atoms with Crippen LogP contribution < -0.4 is 10.2 Å². The molecular weight excluding hydrogens is 352 g/mol. The number of anilines is 2. The molecule has 2 amide bonds. The van der Waals surface area contributed by atoms with Crippen molar-refractivity contribution < 1.29 is 9.59 Å². The molecule has 1 aliphatic rings. The minimum atomic E-state index is -0.289. The average molecular weight is 373 g/mol. The molecule has 2 aromatic rings. The Kier molecular flexibility index (Phi) is 5.73.